The third-order valence-electron chi connectivity index (χ3n) is 0.586. The van der Waals surface area contributed by atoms with Crippen molar-refractivity contribution >= 4 is 11.8 Å². The zero-order chi connectivity index (χ0) is 6.95. The number of thioether (sulfide) groups is 1. The highest BCUT2D eigenvalue weighted by Crippen LogP contribution is 2.02. The highest BCUT2D eigenvalue weighted by molar-refractivity contribution is 8.04. The van der Waals surface area contributed by atoms with E-state index in [1.54, 1.807) is 23.9 Å². The summed E-state index contributed by atoms with van der Waals surface area (Å²) in [6.07, 6.45) is 7.26. The summed E-state index contributed by atoms with van der Waals surface area (Å²) in [6.45, 7) is 7.07. The Labute approximate surface area is 60.7 Å². The molecule has 0 bridgehead atoms. The molecule has 0 amide bonds. The second-order valence-corrected chi connectivity index (χ2v) is 2.08. The van der Waals surface area contributed by atoms with Crippen LogP contribution in [-0.4, -0.2) is 0 Å². The topological polar surface area (TPSA) is 0 Å². The van der Waals surface area contributed by atoms with Crippen LogP contribution in [0.5, 0.6) is 0 Å². The minimum Gasteiger partial charge on any atom is -0.106 e. The zero-order valence-electron chi connectivity index (χ0n) is 5.29. The van der Waals surface area contributed by atoms with Crippen LogP contribution in [0.25, 0.3) is 0 Å². The van der Waals surface area contributed by atoms with Crippen molar-refractivity contribution in [2.45, 2.75) is 0 Å². The van der Waals surface area contributed by atoms with Gasteiger partial charge < -0.3 is 0 Å². The molecule has 48 valence electrons. The molecule has 0 aliphatic rings. The van der Waals surface area contributed by atoms with Gasteiger partial charge in [-0.1, -0.05) is 37.5 Å². The maximum Gasteiger partial charge on any atom is -0.0248 e. The predicted octanol–water partition coefficient (Wildman–Crippen LogP) is 3.12. The highest BCUT2D eigenvalue weighted by atomic mass is 32.2. The quantitative estimate of drug-likeness (QED) is 0.538. The molecule has 0 rings (SSSR count). The second kappa shape index (κ2) is 7.31. The molecule has 0 fully saturated rings. The molecule has 0 N–H and O–H groups in total. The van der Waals surface area contributed by atoms with Crippen molar-refractivity contribution < 1.29 is 0 Å². The summed E-state index contributed by atoms with van der Waals surface area (Å²) in [5.41, 5.74) is 0. The maximum absolute atomic E-state index is 3.53. The molecule has 0 unspecified atom stereocenters. The van der Waals surface area contributed by atoms with Gasteiger partial charge >= 0.3 is 0 Å². The highest BCUT2D eigenvalue weighted by Gasteiger charge is 1.64. The summed E-state index contributed by atoms with van der Waals surface area (Å²) in [6, 6.07) is 0. The molecule has 0 aromatic carbocycles. The number of allylic oxidation sites excluding steroid dienone is 4. The molecule has 0 nitrogen and oxygen atoms in total. The third kappa shape index (κ3) is 7.31. The summed E-state index contributed by atoms with van der Waals surface area (Å²) < 4.78 is 0. The molecule has 1 heteroatoms. The molecule has 0 aromatic heterocycles. The van der Waals surface area contributed by atoms with Crippen LogP contribution < -0.4 is 0 Å². The van der Waals surface area contributed by atoms with Crippen LogP contribution in [0.15, 0.2) is 48.3 Å². The normalized spacial score (nSPS) is 10.7. The van der Waals surface area contributed by atoms with E-state index in [1.165, 1.54) is 0 Å². The van der Waals surface area contributed by atoms with Crippen LogP contribution in [-0.2, 0) is 0 Å². The summed E-state index contributed by atoms with van der Waals surface area (Å²) >= 11 is 1.60. The Morgan fingerprint density at radius 2 is 1.33 bits per heavy atom. The second-order valence-electron chi connectivity index (χ2n) is 1.26. The van der Waals surface area contributed by atoms with Crippen LogP contribution >= 0.6 is 11.8 Å². The summed E-state index contributed by atoms with van der Waals surface area (Å²) in [5, 5.41) is 3.90. The smallest absolute Gasteiger partial charge is 0.0248 e. The molecule has 0 aromatic rings. The van der Waals surface area contributed by atoms with Crippen LogP contribution in [0.2, 0.25) is 0 Å². The Bertz CT molecular complexity index is 116. The van der Waals surface area contributed by atoms with E-state index in [0.29, 0.717) is 0 Å². The van der Waals surface area contributed by atoms with Gasteiger partial charge in [-0.2, -0.15) is 0 Å². The predicted molar refractivity (Wildman–Crippen MR) is 46.3 cm³/mol. The van der Waals surface area contributed by atoms with E-state index in [4.69, 9.17) is 0 Å². The first-order valence-corrected chi connectivity index (χ1v) is 3.56. The Kier molecular flexibility index (Phi) is 6.75. The average Bonchev–Trinajstić information content (AvgIpc) is 1.89. The Morgan fingerprint density at radius 1 is 0.889 bits per heavy atom. The minimum absolute atomic E-state index is 1.60. The lowest BCUT2D eigenvalue weighted by Crippen LogP contribution is -1.43. The van der Waals surface area contributed by atoms with E-state index in [9.17, 15) is 0 Å². The van der Waals surface area contributed by atoms with Crippen LogP contribution in [0, 0.1) is 0 Å². The molecule has 0 aliphatic heterocycles. The summed E-state index contributed by atoms with van der Waals surface area (Å²) in [4.78, 5) is 0. The Hall–Kier alpha value is -0.690. The van der Waals surface area contributed by atoms with Crippen molar-refractivity contribution in [2.75, 3.05) is 0 Å². The van der Waals surface area contributed by atoms with Gasteiger partial charge in [-0.25, -0.2) is 0 Å². The van der Waals surface area contributed by atoms with Gasteiger partial charge in [-0.15, -0.1) is 11.8 Å². The van der Waals surface area contributed by atoms with Crippen molar-refractivity contribution in [3.63, 3.8) is 0 Å². The molecule has 0 atom stereocenters. The fourth-order valence-electron chi connectivity index (χ4n) is 0.247. The molecular weight excluding hydrogens is 128 g/mol. The Morgan fingerprint density at radius 3 is 1.67 bits per heavy atom. The van der Waals surface area contributed by atoms with E-state index in [1.807, 2.05) is 23.0 Å². The number of hydrogen-bond acceptors (Lipinski definition) is 1. The maximum atomic E-state index is 3.53. The SMILES string of the molecule is C=CC=CSC=CC=C. The van der Waals surface area contributed by atoms with Crippen molar-refractivity contribution in [1.82, 2.24) is 0 Å². The van der Waals surface area contributed by atoms with E-state index >= 15 is 0 Å². The monoisotopic (exact) mass is 138 g/mol. The summed E-state index contributed by atoms with van der Waals surface area (Å²) in [7, 11) is 0. The lowest BCUT2D eigenvalue weighted by molar-refractivity contribution is 2.10. The number of rotatable bonds is 4. The molecule has 0 heterocycles. The first-order valence-electron chi connectivity index (χ1n) is 2.62. The fourth-order valence-corrected chi connectivity index (χ4v) is 0.742. The van der Waals surface area contributed by atoms with Gasteiger partial charge in [0.25, 0.3) is 0 Å². The van der Waals surface area contributed by atoms with Gasteiger partial charge in [0.2, 0.25) is 0 Å². The molecule has 0 aliphatic carbocycles. The molecule has 0 spiro atoms. The van der Waals surface area contributed by atoms with Crippen LogP contribution in [0.1, 0.15) is 0 Å². The molecule has 0 radical (unpaired) electrons. The van der Waals surface area contributed by atoms with E-state index in [2.05, 4.69) is 13.2 Å². The van der Waals surface area contributed by atoms with Crippen LogP contribution in [0.3, 0.4) is 0 Å². The van der Waals surface area contributed by atoms with Crippen molar-refractivity contribution in [3.8, 4) is 0 Å². The number of hydrogen-bond donors (Lipinski definition) is 0. The lowest BCUT2D eigenvalue weighted by Gasteiger charge is -1.75. The van der Waals surface area contributed by atoms with Gasteiger partial charge in [0.1, 0.15) is 0 Å². The zero-order valence-corrected chi connectivity index (χ0v) is 6.10. The van der Waals surface area contributed by atoms with E-state index < -0.39 is 0 Å². The first kappa shape index (κ1) is 8.31. The average molecular weight is 138 g/mol. The van der Waals surface area contributed by atoms with E-state index in [0.717, 1.165) is 0 Å². The van der Waals surface area contributed by atoms with Crippen molar-refractivity contribution in [2.24, 2.45) is 0 Å². The lowest BCUT2D eigenvalue weighted by atomic mass is 10.6. The summed E-state index contributed by atoms with van der Waals surface area (Å²) in [5.74, 6) is 0. The van der Waals surface area contributed by atoms with Crippen LogP contribution in [0.4, 0.5) is 0 Å². The van der Waals surface area contributed by atoms with Gasteiger partial charge in [-0.05, 0) is 10.8 Å². The van der Waals surface area contributed by atoms with Crippen molar-refractivity contribution in [1.29, 1.82) is 0 Å². The standard InChI is InChI=1S/C8H10S/c1-3-5-7-9-8-6-4-2/h3-8H,1-2H2. The fraction of sp³-hybridized carbons (Fsp3) is 0. The first-order chi connectivity index (χ1) is 4.41. The molecule has 9 heavy (non-hydrogen) atoms. The van der Waals surface area contributed by atoms with Gasteiger partial charge in [0, 0.05) is 0 Å². The van der Waals surface area contributed by atoms with Gasteiger partial charge in [0.05, 0.1) is 0 Å². The van der Waals surface area contributed by atoms with E-state index in [-0.39, 0.29) is 0 Å². The Balaban J connectivity index is 3.27. The van der Waals surface area contributed by atoms with Crippen molar-refractivity contribution in [3.05, 3.63) is 48.3 Å². The molecule has 0 saturated heterocycles. The largest absolute Gasteiger partial charge is 0.106 e. The third-order valence-corrected chi connectivity index (χ3v) is 1.21. The van der Waals surface area contributed by atoms with Gasteiger partial charge in [0.15, 0.2) is 0 Å². The molecular formula is C8H10S. The molecule has 0 saturated carbocycles. The van der Waals surface area contributed by atoms with Gasteiger partial charge in [-0.3, -0.25) is 0 Å². The minimum atomic E-state index is 1.60.